The minimum atomic E-state index is -4.42. The van der Waals surface area contributed by atoms with E-state index in [9.17, 15) is 23.4 Å². The fraction of sp³-hybridized carbons (Fsp3) is 0.400. The molecule has 27 heavy (non-hydrogen) atoms. The highest BCUT2D eigenvalue weighted by atomic mass is 19.4. The highest BCUT2D eigenvalue weighted by molar-refractivity contribution is 5.31. The smallest absolute Gasteiger partial charge is 0.416 e. The second-order valence-electron chi connectivity index (χ2n) is 6.77. The summed E-state index contributed by atoms with van der Waals surface area (Å²) in [6.45, 7) is 0.493. The zero-order valence-corrected chi connectivity index (χ0v) is 14.9. The van der Waals surface area contributed by atoms with Gasteiger partial charge >= 0.3 is 6.18 Å². The number of alkyl halides is 3. The molecular weight excluding hydrogens is 359 g/mol. The summed E-state index contributed by atoms with van der Waals surface area (Å²) in [7, 11) is 1.53. The average Bonchev–Trinajstić information content (AvgIpc) is 3.01. The van der Waals surface area contributed by atoms with Gasteiger partial charge in [-0.3, -0.25) is 4.90 Å². The molecule has 0 radical (unpaired) electrons. The van der Waals surface area contributed by atoms with Gasteiger partial charge in [0, 0.05) is 19.1 Å². The number of likely N-dealkylation sites (tertiary alicyclic amines) is 1. The van der Waals surface area contributed by atoms with Crippen molar-refractivity contribution in [2.45, 2.75) is 30.8 Å². The van der Waals surface area contributed by atoms with Crippen molar-refractivity contribution in [3.05, 3.63) is 65.2 Å². The van der Waals surface area contributed by atoms with Crippen LogP contribution in [-0.4, -0.2) is 41.4 Å². The first-order valence-electron chi connectivity index (χ1n) is 8.69. The zero-order valence-electron chi connectivity index (χ0n) is 14.9. The van der Waals surface area contributed by atoms with E-state index in [1.54, 1.807) is 30.3 Å². The first-order valence-corrected chi connectivity index (χ1v) is 8.69. The Morgan fingerprint density at radius 2 is 1.93 bits per heavy atom. The minimum Gasteiger partial charge on any atom is -0.497 e. The molecule has 0 amide bonds. The summed E-state index contributed by atoms with van der Waals surface area (Å²) < 4.78 is 44.2. The predicted octanol–water partition coefficient (Wildman–Crippen LogP) is 3.56. The lowest BCUT2D eigenvalue weighted by Crippen LogP contribution is -2.29. The molecule has 2 aromatic rings. The summed E-state index contributed by atoms with van der Waals surface area (Å²) in [5.41, 5.74) is 0.424. The Bertz CT molecular complexity index is 781. The van der Waals surface area contributed by atoms with Gasteiger partial charge in [0.1, 0.15) is 5.75 Å². The summed E-state index contributed by atoms with van der Waals surface area (Å²) in [4.78, 5) is 1.82. The molecule has 0 aromatic heterocycles. The summed E-state index contributed by atoms with van der Waals surface area (Å²) in [5, 5.41) is 20.6. The van der Waals surface area contributed by atoms with Crippen LogP contribution in [0.1, 0.15) is 35.3 Å². The molecule has 1 aliphatic rings. The molecule has 0 aliphatic carbocycles. The second kappa shape index (κ2) is 7.88. The van der Waals surface area contributed by atoms with Crippen LogP contribution in [0.4, 0.5) is 13.2 Å². The topological polar surface area (TPSA) is 52.9 Å². The highest BCUT2D eigenvalue weighted by Crippen LogP contribution is 2.37. The lowest BCUT2D eigenvalue weighted by Gasteiger charge is -2.27. The standard InChI is InChI=1S/C20H22F3NO3/c1-27-17-7-3-5-14(9-17)19(26)12-24-11-16(25)10-18(24)13-4-2-6-15(8-13)20(21,22)23/h2-9,16,18-19,25-26H,10-12H2,1H3. The number of benzene rings is 2. The average molecular weight is 381 g/mol. The molecule has 2 N–H and O–H groups in total. The first-order chi connectivity index (χ1) is 12.8. The Morgan fingerprint density at radius 1 is 1.19 bits per heavy atom. The van der Waals surface area contributed by atoms with Crippen molar-refractivity contribution in [1.29, 1.82) is 0 Å². The van der Waals surface area contributed by atoms with Crippen LogP contribution >= 0.6 is 0 Å². The van der Waals surface area contributed by atoms with E-state index < -0.39 is 23.9 Å². The number of ether oxygens (including phenoxy) is 1. The SMILES string of the molecule is COc1cccc(C(O)CN2CC(O)CC2c2cccc(C(F)(F)F)c2)c1. The molecule has 2 aromatic carbocycles. The van der Waals surface area contributed by atoms with Crippen LogP contribution in [0.2, 0.25) is 0 Å². The third-order valence-electron chi connectivity index (χ3n) is 4.87. The van der Waals surface area contributed by atoms with Crippen molar-refractivity contribution in [2.24, 2.45) is 0 Å². The lowest BCUT2D eigenvalue weighted by molar-refractivity contribution is -0.137. The molecule has 1 heterocycles. The summed E-state index contributed by atoms with van der Waals surface area (Å²) in [6.07, 6.45) is -5.59. The second-order valence-corrected chi connectivity index (χ2v) is 6.77. The third-order valence-corrected chi connectivity index (χ3v) is 4.87. The molecule has 1 fully saturated rings. The van der Waals surface area contributed by atoms with Gasteiger partial charge in [-0.05, 0) is 41.8 Å². The Hall–Kier alpha value is -2.09. The maximum Gasteiger partial charge on any atom is 0.416 e. The zero-order chi connectivity index (χ0) is 19.6. The highest BCUT2D eigenvalue weighted by Gasteiger charge is 2.36. The molecule has 3 rings (SSSR count). The Kier molecular flexibility index (Phi) is 5.74. The molecule has 4 nitrogen and oxygen atoms in total. The summed E-state index contributed by atoms with van der Waals surface area (Å²) in [5.74, 6) is 0.613. The van der Waals surface area contributed by atoms with E-state index >= 15 is 0 Å². The van der Waals surface area contributed by atoms with Crippen LogP contribution < -0.4 is 4.74 Å². The van der Waals surface area contributed by atoms with Gasteiger partial charge in [-0.2, -0.15) is 13.2 Å². The van der Waals surface area contributed by atoms with Gasteiger partial charge in [-0.15, -0.1) is 0 Å². The third kappa shape index (κ3) is 4.61. The van der Waals surface area contributed by atoms with Crippen molar-refractivity contribution in [3.63, 3.8) is 0 Å². The quantitative estimate of drug-likeness (QED) is 0.832. The number of halogens is 3. The normalized spacial score (nSPS) is 22.0. The van der Waals surface area contributed by atoms with Gasteiger partial charge in [-0.25, -0.2) is 0 Å². The van der Waals surface area contributed by atoms with Gasteiger partial charge in [0.05, 0.1) is 24.9 Å². The van der Waals surface area contributed by atoms with Crippen LogP contribution in [0, 0.1) is 0 Å². The molecular formula is C20H22F3NO3. The van der Waals surface area contributed by atoms with Crippen molar-refractivity contribution in [3.8, 4) is 5.75 Å². The Morgan fingerprint density at radius 3 is 2.63 bits per heavy atom. The van der Waals surface area contributed by atoms with E-state index in [1.807, 2.05) is 4.90 Å². The number of methoxy groups -OCH3 is 1. The van der Waals surface area contributed by atoms with E-state index in [0.717, 1.165) is 12.1 Å². The van der Waals surface area contributed by atoms with E-state index in [1.165, 1.54) is 13.2 Å². The van der Waals surface area contributed by atoms with E-state index in [2.05, 4.69) is 0 Å². The van der Waals surface area contributed by atoms with Crippen molar-refractivity contribution >= 4 is 0 Å². The van der Waals surface area contributed by atoms with E-state index in [-0.39, 0.29) is 12.6 Å². The first kappa shape index (κ1) is 19.7. The molecule has 1 aliphatic heterocycles. The Balaban J connectivity index is 1.80. The maximum atomic E-state index is 13.0. The fourth-order valence-electron chi connectivity index (χ4n) is 3.53. The van der Waals surface area contributed by atoms with Crippen molar-refractivity contribution < 1.29 is 28.1 Å². The van der Waals surface area contributed by atoms with Crippen molar-refractivity contribution in [2.75, 3.05) is 20.2 Å². The van der Waals surface area contributed by atoms with Gasteiger partial charge in [0.25, 0.3) is 0 Å². The molecule has 3 unspecified atom stereocenters. The van der Waals surface area contributed by atoms with Crippen LogP contribution in [0.25, 0.3) is 0 Å². The van der Waals surface area contributed by atoms with Crippen LogP contribution in [0.15, 0.2) is 48.5 Å². The molecule has 1 saturated heterocycles. The molecule has 0 bridgehead atoms. The maximum absolute atomic E-state index is 13.0. The lowest BCUT2D eigenvalue weighted by atomic mass is 10.0. The molecule has 0 spiro atoms. The monoisotopic (exact) mass is 381 g/mol. The Labute approximate surface area is 155 Å². The van der Waals surface area contributed by atoms with Crippen molar-refractivity contribution in [1.82, 2.24) is 4.90 Å². The number of aliphatic hydroxyl groups excluding tert-OH is 2. The number of nitrogens with zero attached hydrogens (tertiary/aromatic N) is 1. The molecule has 3 atom stereocenters. The number of hydrogen-bond acceptors (Lipinski definition) is 4. The number of hydrogen-bond donors (Lipinski definition) is 2. The number of aliphatic hydroxyl groups is 2. The fourth-order valence-corrected chi connectivity index (χ4v) is 3.53. The van der Waals surface area contributed by atoms with Gasteiger partial charge in [-0.1, -0.05) is 24.3 Å². The number of β-amino-alcohol motifs (C(OH)–C–C–N with tert-alkyl or cyclic N) is 2. The van der Waals surface area contributed by atoms with E-state index in [4.69, 9.17) is 4.74 Å². The summed E-state index contributed by atoms with van der Waals surface area (Å²) >= 11 is 0. The number of rotatable bonds is 5. The largest absolute Gasteiger partial charge is 0.497 e. The van der Waals surface area contributed by atoms with Gasteiger partial charge < -0.3 is 14.9 Å². The summed E-state index contributed by atoms with van der Waals surface area (Å²) in [6, 6.07) is 11.8. The van der Waals surface area contributed by atoms with Crippen LogP contribution in [0.5, 0.6) is 5.75 Å². The van der Waals surface area contributed by atoms with Crippen LogP contribution in [-0.2, 0) is 6.18 Å². The van der Waals surface area contributed by atoms with Gasteiger partial charge in [0.2, 0.25) is 0 Å². The van der Waals surface area contributed by atoms with Crippen LogP contribution in [0.3, 0.4) is 0 Å². The molecule has 0 saturated carbocycles. The predicted molar refractivity (Wildman–Crippen MR) is 94.3 cm³/mol. The van der Waals surface area contributed by atoms with Gasteiger partial charge in [0.15, 0.2) is 0 Å². The molecule has 7 heteroatoms. The van der Waals surface area contributed by atoms with E-state index in [0.29, 0.717) is 29.8 Å². The minimum absolute atomic E-state index is 0.200. The molecule has 146 valence electrons.